The maximum absolute atomic E-state index is 13.5. The Bertz CT molecular complexity index is 1330. The number of ether oxygens (including phenoxy) is 1. The number of amides is 1. The van der Waals surface area contributed by atoms with Gasteiger partial charge in [-0.15, -0.1) is 0 Å². The Hall–Kier alpha value is -2.03. The van der Waals surface area contributed by atoms with Crippen molar-refractivity contribution in [2.45, 2.75) is 277 Å². The van der Waals surface area contributed by atoms with E-state index in [0.29, 0.717) is 23.9 Å². The van der Waals surface area contributed by atoms with Gasteiger partial charge in [0, 0.05) is 12.8 Å². The molecule has 0 aliphatic carbocycles. The molecule has 0 aromatic heterocycles. The topological polar surface area (TPSA) is 111 Å². The molecule has 0 fully saturated rings. The Morgan fingerprint density at radius 3 is 1.36 bits per heavy atom. The number of rotatable bonds is 52. The third-order valence-electron chi connectivity index (χ3n) is 12.7. The van der Waals surface area contributed by atoms with Crippen LogP contribution in [0.2, 0.25) is 0 Å². The molecule has 10 heteroatoms. The molecule has 0 aromatic carbocycles. The molecule has 0 saturated carbocycles. The number of carbonyl (C=O) groups excluding carboxylic acids is 2. The van der Waals surface area contributed by atoms with Crippen molar-refractivity contribution >= 4 is 19.7 Å². The van der Waals surface area contributed by atoms with Gasteiger partial charge in [0.2, 0.25) is 5.91 Å². The molecule has 3 unspecified atom stereocenters. The molecule has 2 N–H and O–H groups in total. The van der Waals surface area contributed by atoms with Gasteiger partial charge >= 0.3 is 13.8 Å². The van der Waals surface area contributed by atoms with Gasteiger partial charge in [0.15, 0.2) is 0 Å². The monoisotopic (exact) mass is 992 g/mol. The van der Waals surface area contributed by atoms with E-state index in [-0.39, 0.29) is 31.5 Å². The molecular formula is C59H112N2O7P+. The number of hydrogen-bond donors (Lipinski definition) is 2. The second-order valence-electron chi connectivity index (χ2n) is 20.8. The lowest BCUT2D eigenvalue weighted by molar-refractivity contribution is -0.870. The fourth-order valence-corrected chi connectivity index (χ4v) is 8.94. The number of quaternary nitrogens is 1. The molecule has 0 aliphatic heterocycles. The van der Waals surface area contributed by atoms with Gasteiger partial charge in [-0.1, -0.05) is 211 Å². The summed E-state index contributed by atoms with van der Waals surface area (Å²) in [5.74, 6) is -0.525. The highest BCUT2D eigenvalue weighted by atomic mass is 31.2. The summed E-state index contributed by atoms with van der Waals surface area (Å²) in [6.07, 6.45) is 59.6. The SMILES string of the molecule is CCCCC/C=C\C/C=C\CCCCCCCCCCCC(=O)NC(COP(=O)(O)OCC[N+](C)(C)C)C(/C=C\CCCCCCCCCCC)OC(=O)CCCCC/C=C\CCCCCCCC. The van der Waals surface area contributed by atoms with Gasteiger partial charge in [-0.25, -0.2) is 4.57 Å². The van der Waals surface area contributed by atoms with E-state index in [2.05, 4.69) is 62.5 Å². The standard InChI is InChI=1S/C59H111N2O7P/c1-7-10-13-16-19-22-25-27-28-29-30-31-32-34-36-39-42-45-48-51-58(62)60-56(55-67-69(64,65)66-54-53-61(4,5)6)57(50-47-44-41-38-35-24-21-18-15-12-9-3)68-59(63)52-49-46-43-40-37-33-26-23-20-17-14-11-8-2/h19,22,27-28,33,37,47,50,56-57H,7-18,20-21,23-26,29-32,34-36,38-46,48-49,51-55H2,1-6H3,(H-,60,62,64,65)/p+1/b22-19-,28-27-,37-33-,50-47-. The van der Waals surface area contributed by atoms with Crippen LogP contribution in [0, 0.1) is 0 Å². The van der Waals surface area contributed by atoms with Crippen LogP contribution in [0.15, 0.2) is 48.6 Å². The van der Waals surface area contributed by atoms with E-state index in [9.17, 15) is 19.0 Å². The average Bonchev–Trinajstić information content (AvgIpc) is 3.31. The van der Waals surface area contributed by atoms with Crippen molar-refractivity contribution in [2.24, 2.45) is 0 Å². The minimum atomic E-state index is -4.44. The van der Waals surface area contributed by atoms with Crippen LogP contribution < -0.4 is 5.32 Å². The molecule has 0 spiro atoms. The molecule has 0 bridgehead atoms. The van der Waals surface area contributed by atoms with E-state index in [1.807, 2.05) is 33.3 Å². The van der Waals surface area contributed by atoms with Crippen molar-refractivity contribution in [1.82, 2.24) is 5.32 Å². The zero-order valence-corrected chi connectivity index (χ0v) is 47.0. The molecule has 0 radical (unpaired) electrons. The van der Waals surface area contributed by atoms with E-state index >= 15 is 0 Å². The molecule has 0 saturated heterocycles. The van der Waals surface area contributed by atoms with E-state index < -0.39 is 20.0 Å². The summed E-state index contributed by atoms with van der Waals surface area (Å²) in [4.78, 5) is 37.5. The maximum atomic E-state index is 13.5. The quantitative estimate of drug-likeness (QED) is 0.0205. The molecule has 0 aliphatic rings. The van der Waals surface area contributed by atoms with Crippen molar-refractivity contribution < 1.29 is 37.3 Å². The molecule has 0 rings (SSSR count). The van der Waals surface area contributed by atoms with Crippen molar-refractivity contribution in [2.75, 3.05) is 40.9 Å². The van der Waals surface area contributed by atoms with Crippen LogP contribution in [0.4, 0.5) is 0 Å². The minimum absolute atomic E-state index is 0.0372. The first kappa shape index (κ1) is 67.0. The molecule has 9 nitrogen and oxygen atoms in total. The number of likely N-dealkylation sites (N-methyl/N-ethyl adjacent to an activating group) is 1. The second-order valence-corrected chi connectivity index (χ2v) is 22.3. The van der Waals surface area contributed by atoms with Gasteiger partial charge in [-0.3, -0.25) is 18.6 Å². The van der Waals surface area contributed by atoms with Crippen molar-refractivity contribution in [3.8, 4) is 0 Å². The molecule has 3 atom stereocenters. The molecule has 0 aromatic rings. The first-order chi connectivity index (χ1) is 33.4. The lowest BCUT2D eigenvalue weighted by Crippen LogP contribution is -2.47. The number of allylic oxidation sites excluding steroid dienone is 7. The Morgan fingerprint density at radius 2 is 0.884 bits per heavy atom. The highest BCUT2D eigenvalue weighted by molar-refractivity contribution is 7.47. The van der Waals surface area contributed by atoms with Crippen LogP contribution in [-0.2, 0) is 27.9 Å². The van der Waals surface area contributed by atoms with Crippen LogP contribution in [0.3, 0.4) is 0 Å². The van der Waals surface area contributed by atoms with Gasteiger partial charge in [-0.05, 0) is 89.5 Å². The van der Waals surface area contributed by atoms with Crippen LogP contribution >= 0.6 is 7.82 Å². The number of nitrogens with zero attached hydrogens (tertiary/aromatic N) is 1. The van der Waals surface area contributed by atoms with E-state index in [1.54, 1.807) is 0 Å². The van der Waals surface area contributed by atoms with E-state index in [0.717, 1.165) is 70.6 Å². The summed E-state index contributed by atoms with van der Waals surface area (Å²) in [6, 6.07) is -0.854. The predicted molar refractivity (Wildman–Crippen MR) is 295 cm³/mol. The lowest BCUT2D eigenvalue weighted by Gasteiger charge is -2.27. The van der Waals surface area contributed by atoms with Crippen molar-refractivity contribution in [1.29, 1.82) is 0 Å². The third-order valence-corrected chi connectivity index (χ3v) is 13.7. The fourth-order valence-electron chi connectivity index (χ4n) is 8.20. The molecule has 1 amide bonds. The largest absolute Gasteiger partial charge is 0.472 e. The van der Waals surface area contributed by atoms with Crippen LogP contribution in [0.5, 0.6) is 0 Å². The summed E-state index contributed by atoms with van der Waals surface area (Å²) in [6.45, 7) is 6.97. The number of hydrogen-bond acceptors (Lipinski definition) is 6. The number of phosphoric ester groups is 1. The smallest absolute Gasteiger partial charge is 0.456 e. The van der Waals surface area contributed by atoms with E-state index in [4.69, 9.17) is 13.8 Å². The maximum Gasteiger partial charge on any atom is 0.472 e. The highest BCUT2D eigenvalue weighted by Crippen LogP contribution is 2.43. The van der Waals surface area contributed by atoms with Gasteiger partial charge in [0.1, 0.15) is 19.3 Å². The van der Waals surface area contributed by atoms with Crippen LogP contribution in [0.1, 0.15) is 265 Å². The number of carbonyl (C=O) groups is 2. The van der Waals surface area contributed by atoms with Gasteiger partial charge in [0.25, 0.3) is 0 Å². The first-order valence-corrected chi connectivity index (χ1v) is 30.5. The van der Waals surface area contributed by atoms with Crippen molar-refractivity contribution in [3.63, 3.8) is 0 Å². The predicted octanol–water partition coefficient (Wildman–Crippen LogP) is 17.3. The fraction of sp³-hybridized carbons (Fsp3) is 0.831. The third kappa shape index (κ3) is 50.7. The Morgan fingerprint density at radius 1 is 0.507 bits per heavy atom. The molecule has 69 heavy (non-hydrogen) atoms. The Balaban J connectivity index is 5.29. The summed E-state index contributed by atoms with van der Waals surface area (Å²) in [5, 5.41) is 3.04. The average molecular weight is 993 g/mol. The number of unbranched alkanes of at least 4 members (excludes halogenated alkanes) is 30. The lowest BCUT2D eigenvalue weighted by atomic mass is 10.0. The first-order valence-electron chi connectivity index (χ1n) is 29.0. The zero-order chi connectivity index (χ0) is 50.8. The Kier molecular flexibility index (Phi) is 48.1. The number of esters is 1. The Labute approximate surface area is 427 Å². The minimum Gasteiger partial charge on any atom is -0.456 e. The molecule has 404 valence electrons. The molecule has 0 heterocycles. The summed E-state index contributed by atoms with van der Waals surface area (Å²) in [7, 11) is 1.49. The summed E-state index contributed by atoms with van der Waals surface area (Å²) in [5.41, 5.74) is 0. The van der Waals surface area contributed by atoms with Crippen LogP contribution in [0.25, 0.3) is 0 Å². The van der Waals surface area contributed by atoms with Crippen LogP contribution in [-0.4, -0.2) is 74.3 Å². The van der Waals surface area contributed by atoms with Crippen molar-refractivity contribution in [3.05, 3.63) is 48.6 Å². The number of nitrogens with one attached hydrogen (secondary N) is 1. The zero-order valence-electron chi connectivity index (χ0n) is 46.1. The highest BCUT2D eigenvalue weighted by Gasteiger charge is 2.30. The number of phosphoric acid groups is 1. The van der Waals surface area contributed by atoms with Gasteiger partial charge in [-0.2, -0.15) is 0 Å². The second kappa shape index (κ2) is 49.5. The normalized spacial score (nSPS) is 14.1. The summed E-state index contributed by atoms with van der Waals surface area (Å²) < 4.78 is 30.6. The molecular weight excluding hydrogens is 880 g/mol. The summed E-state index contributed by atoms with van der Waals surface area (Å²) >= 11 is 0. The van der Waals surface area contributed by atoms with E-state index in [1.165, 1.54) is 154 Å². The van der Waals surface area contributed by atoms with Gasteiger partial charge < -0.3 is 19.4 Å². The van der Waals surface area contributed by atoms with Gasteiger partial charge in [0.05, 0.1) is 33.8 Å².